The summed E-state index contributed by atoms with van der Waals surface area (Å²) in [6, 6.07) is 16.3. The molecular weight excluding hydrogens is 688 g/mol. The van der Waals surface area contributed by atoms with E-state index in [0.29, 0.717) is 39.6 Å². The zero-order valence-electron chi connectivity index (χ0n) is 27.4. The Hall–Kier alpha value is -4.58. The van der Waals surface area contributed by atoms with Gasteiger partial charge in [0.15, 0.2) is 29.9 Å². The number of hydrogen-bond donors (Lipinski definition) is 1. The minimum absolute atomic E-state index is 0.0262. The predicted molar refractivity (Wildman–Crippen MR) is 185 cm³/mol. The van der Waals surface area contributed by atoms with Crippen LogP contribution in [0.15, 0.2) is 79.1 Å². The second kappa shape index (κ2) is 15.5. The summed E-state index contributed by atoms with van der Waals surface area (Å²) < 4.78 is 38.5. The van der Waals surface area contributed by atoms with Crippen molar-refractivity contribution < 1.29 is 37.7 Å². The molecule has 0 radical (unpaired) electrons. The molecule has 3 atom stereocenters. The number of aromatic nitrogens is 1. The third-order valence-electron chi connectivity index (χ3n) is 9.20. The summed E-state index contributed by atoms with van der Waals surface area (Å²) in [7, 11) is 2.99. The molecule has 0 aliphatic carbocycles. The number of fused-ring (bicyclic) bond motifs is 3. The minimum atomic E-state index is -1.18. The summed E-state index contributed by atoms with van der Waals surface area (Å²) >= 11 is 12.8. The van der Waals surface area contributed by atoms with Gasteiger partial charge in [-0.15, -0.1) is 0 Å². The van der Waals surface area contributed by atoms with E-state index < -0.39 is 29.9 Å². The lowest BCUT2D eigenvalue weighted by Gasteiger charge is -2.44. The van der Waals surface area contributed by atoms with E-state index in [2.05, 4.69) is 10.2 Å². The number of benzene rings is 3. The summed E-state index contributed by atoms with van der Waals surface area (Å²) in [5, 5.41) is 15.2. The van der Waals surface area contributed by atoms with E-state index in [1.54, 1.807) is 48.5 Å². The summed E-state index contributed by atoms with van der Waals surface area (Å²) in [6.07, 6.45) is 3.05. The van der Waals surface area contributed by atoms with Crippen LogP contribution in [0.3, 0.4) is 0 Å². The van der Waals surface area contributed by atoms with Crippen LogP contribution in [0.4, 0.5) is 10.1 Å². The standard InChI is InChI=1S/C37H36Cl2FN3O7/c1-47-31-11-10-23(17-33(31)48-2)32(18-27-28(38)19-43(46)20-29(27)39)49-36(44)24-6-5-7-25(16-24)41-35(26-8-3-4-9-30(26)40)37(45)50-34-21-42-14-12-22(34)13-15-42/h3-11,16-17,19-20,22,32,34-35,41H,12-15,18,21H2,1-2H3/t32?,34-,35-/m0/s1. The van der Waals surface area contributed by atoms with Gasteiger partial charge in [0, 0.05) is 29.8 Å². The van der Waals surface area contributed by atoms with Crippen molar-refractivity contribution in [1.82, 2.24) is 4.90 Å². The number of carbonyl (C=O) groups is 2. The molecule has 13 heteroatoms. The minimum Gasteiger partial charge on any atom is -0.619 e. The van der Waals surface area contributed by atoms with E-state index in [1.165, 1.54) is 44.8 Å². The number of carbonyl (C=O) groups excluding carboxylic acids is 2. The normalized spacial score (nSPS) is 19.3. The first-order valence-electron chi connectivity index (χ1n) is 16.2. The smallest absolute Gasteiger partial charge is 0.338 e. The molecule has 10 nitrogen and oxygen atoms in total. The van der Waals surface area contributed by atoms with E-state index in [0.717, 1.165) is 25.9 Å². The molecule has 0 amide bonds. The highest BCUT2D eigenvalue weighted by molar-refractivity contribution is 6.35. The number of piperidine rings is 3. The van der Waals surface area contributed by atoms with Crippen LogP contribution >= 0.6 is 23.2 Å². The molecule has 3 aliphatic rings. The zero-order valence-corrected chi connectivity index (χ0v) is 29.0. The van der Waals surface area contributed by atoms with Gasteiger partial charge in [0.2, 0.25) is 0 Å². The van der Waals surface area contributed by atoms with Gasteiger partial charge in [-0.25, -0.2) is 14.0 Å². The molecule has 3 fully saturated rings. The van der Waals surface area contributed by atoms with Crippen LogP contribution in [0.5, 0.6) is 11.5 Å². The highest BCUT2D eigenvalue weighted by Gasteiger charge is 2.38. The van der Waals surface area contributed by atoms with Gasteiger partial charge in [-0.2, -0.15) is 4.73 Å². The van der Waals surface area contributed by atoms with Crippen molar-refractivity contribution in [2.75, 3.05) is 39.2 Å². The molecule has 7 rings (SSSR count). The van der Waals surface area contributed by atoms with Gasteiger partial charge in [0.1, 0.15) is 28.1 Å². The molecule has 2 bridgehead atoms. The zero-order chi connectivity index (χ0) is 35.4. The Morgan fingerprint density at radius 2 is 1.70 bits per heavy atom. The Kier molecular flexibility index (Phi) is 11.0. The van der Waals surface area contributed by atoms with E-state index in [-0.39, 0.29) is 39.6 Å². The van der Waals surface area contributed by atoms with E-state index in [4.69, 9.17) is 42.1 Å². The van der Waals surface area contributed by atoms with Gasteiger partial charge < -0.3 is 29.5 Å². The van der Waals surface area contributed by atoms with Crippen molar-refractivity contribution in [1.29, 1.82) is 0 Å². The fraction of sp³-hybridized carbons (Fsp3) is 0.324. The van der Waals surface area contributed by atoms with Crippen molar-refractivity contribution in [3.05, 3.63) is 122 Å². The number of hydrogen-bond acceptors (Lipinski definition) is 9. The molecule has 1 N–H and O–H groups in total. The average Bonchev–Trinajstić information content (AvgIpc) is 3.12. The lowest BCUT2D eigenvalue weighted by molar-refractivity contribution is -0.605. The molecule has 0 saturated carbocycles. The lowest BCUT2D eigenvalue weighted by Crippen LogP contribution is -2.52. The Bertz CT molecular complexity index is 1850. The molecule has 0 spiro atoms. The molecule has 4 heterocycles. The van der Waals surface area contributed by atoms with Crippen molar-refractivity contribution >= 4 is 40.8 Å². The SMILES string of the molecule is COc1ccc(C(Cc2c(Cl)c[n+]([O-])cc2Cl)OC(=O)c2cccc(N[C@H](C(=O)O[C@H]3CN4CCC3CC4)c3ccccc3F)c2)cc1OC. The van der Waals surface area contributed by atoms with Crippen LogP contribution in [0.1, 0.15) is 52.0 Å². The van der Waals surface area contributed by atoms with Crippen molar-refractivity contribution in [3.63, 3.8) is 0 Å². The van der Waals surface area contributed by atoms with Crippen molar-refractivity contribution in [2.24, 2.45) is 5.92 Å². The van der Waals surface area contributed by atoms with Crippen LogP contribution in [-0.2, 0) is 20.7 Å². The summed E-state index contributed by atoms with van der Waals surface area (Å²) in [5.74, 6) is -0.725. The van der Waals surface area contributed by atoms with Crippen LogP contribution in [0.25, 0.3) is 0 Å². The monoisotopic (exact) mass is 723 g/mol. The highest BCUT2D eigenvalue weighted by atomic mass is 35.5. The van der Waals surface area contributed by atoms with Crippen LogP contribution in [0, 0.1) is 16.9 Å². The Labute approximate surface area is 299 Å². The predicted octanol–water partition coefficient (Wildman–Crippen LogP) is 6.71. The quantitative estimate of drug-likeness (QED) is 0.0968. The van der Waals surface area contributed by atoms with Crippen LogP contribution in [0.2, 0.25) is 10.0 Å². The third-order valence-corrected chi connectivity index (χ3v) is 9.85. The Balaban J connectivity index is 1.26. The van der Waals surface area contributed by atoms with E-state index in [9.17, 15) is 14.8 Å². The van der Waals surface area contributed by atoms with E-state index in [1.807, 2.05) is 0 Å². The van der Waals surface area contributed by atoms with Gasteiger partial charge in [-0.3, -0.25) is 4.90 Å². The maximum atomic E-state index is 15.1. The van der Waals surface area contributed by atoms with E-state index >= 15 is 4.39 Å². The molecule has 50 heavy (non-hydrogen) atoms. The van der Waals surface area contributed by atoms with Crippen molar-refractivity contribution in [3.8, 4) is 11.5 Å². The molecule has 4 aromatic rings. The first-order valence-corrected chi connectivity index (χ1v) is 16.9. The fourth-order valence-corrected chi connectivity index (χ4v) is 7.12. The van der Waals surface area contributed by atoms with Gasteiger partial charge in [-0.05, 0) is 73.8 Å². The molecule has 3 aliphatic heterocycles. The molecule has 3 saturated heterocycles. The van der Waals surface area contributed by atoms with Gasteiger partial charge in [0.05, 0.1) is 19.8 Å². The lowest BCUT2D eigenvalue weighted by atomic mass is 9.86. The number of pyridine rings is 1. The Morgan fingerprint density at radius 3 is 2.36 bits per heavy atom. The van der Waals surface area contributed by atoms with Crippen LogP contribution < -0.4 is 19.5 Å². The number of ether oxygens (including phenoxy) is 4. The van der Waals surface area contributed by atoms with Crippen LogP contribution in [-0.4, -0.2) is 56.8 Å². The second-order valence-electron chi connectivity index (χ2n) is 12.3. The summed E-state index contributed by atoms with van der Waals surface area (Å²) in [5.41, 5.74) is 1.59. The number of rotatable bonds is 12. The molecule has 3 aromatic carbocycles. The molecule has 262 valence electrons. The first-order chi connectivity index (χ1) is 24.1. The number of nitrogens with zero attached hydrogens (tertiary/aromatic N) is 2. The summed E-state index contributed by atoms with van der Waals surface area (Å²) in [4.78, 5) is 29.7. The molecule has 1 aromatic heterocycles. The number of esters is 2. The topological polar surface area (TPSA) is 113 Å². The molecular formula is C37H36Cl2FN3O7. The van der Waals surface area contributed by atoms with Crippen molar-refractivity contribution in [2.45, 2.75) is 37.5 Å². The average molecular weight is 725 g/mol. The number of methoxy groups -OCH3 is 2. The summed E-state index contributed by atoms with van der Waals surface area (Å²) in [6.45, 7) is 2.61. The third kappa shape index (κ3) is 7.90. The number of halogens is 3. The highest BCUT2D eigenvalue weighted by Crippen LogP contribution is 2.36. The number of nitrogens with one attached hydrogen (secondary N) is 1. The number of anilines is 1. The van der Waals surface area contributed by atoms with Gasteiger partial charge in [0.25, 0.3) is 0 Å². The first kappa shape index (κ1) is 35.3. The second-order valence-corrected chi connectivity index (χ2v) is 13.1. The molecule has 1 unspecified atom stereocenters. The van der Waals surface area contributed by atoms with Gasteiger partial charge >= 0.3 is 11.9 Å². The fourth-order valence-electron chi connectivity index (χ4n) is 6.53. The Morgan fingerprint density at radius 1 is 0.980 bits per heavy atom. The van der Waals surface area contributed by atoms with Gasteiger partial charge in [-0.1, -0.05) is 53.5 Å². The maximum Gasteiger partial charge on any atom is 0.338 e. The maximum absolute atomic E-state index is 15.1. The largest absolute Gasteiger partial charge is 0.619 e.